The summed E-state index contributed by atoms with van der Waals surface area (Å²) in [5.41, 5.74) is 11.3. The maximum absolute atomic E-state index is 2.36. The maximum atomic E-state index is 2.36. The molecule has 0 bridgehead atoms. The fourth-order valence-electron chi connectivity index (χ4n) is 5.05. The van der Waals surface area contributed by atoms with Crippen LogP contribution in [0.1, 0.15) is 25.0 Å². The lowest BCUT2D eigenvalue weighted by molar-refractivity contribution is 0.661. The van der Waals surface area contributed by atoms with Gasteiger partial charge in [-0.15, -0.1) is 0 Å². The summed E-state index contributed by atoms with van der Waals surface area (Å²) in [6.45, 7) is 4.73. The van der Waals surface area contributed by atoms with Crippen LogP contribution >= 0.6 is 0 Å². The fourth-order valence-corrected chi connectivity index (χ4v) is 5.05. The zero-order valence-corrected chi connectivity index (χ0v) is 14.4. The van der Waals surface area contributed by atoms with Gasteiger partial charge in [-0.2, -0.15) is 0 Å². The van der Waals surface area contributed by atoms with E-state index in [1.807, 2.05) is 0 Å². The van der Waals surface area contributed by atoms with Gasteiger partial charge >= 0.3 is 0 Å². The van der Waals surface area contributed by atoms with Crippen LogP contribution in [-0.2, 0) is 5.41 Å². The molecule has 0 aromatic heterocycles. The van der Waals surface area contributed by atoms with Crippen molar-refractivity contribution in [2.24, 2.45) is 0 Å². The van der Waals surface area contributed by atoms with Gasteiger partial charge in [0.05, 0.1) is 0 Å². The number of fused-ring (bicyclic) bond motifs is 3. The molecule has 0 nitrogen and oxygen atoms in total. The second kappa shape index (κ2) is 4.21. The molecule has 2 aliphatic carbocycles. The van der Waals surface area contributed by atoms with Crippen molar-refractivity contribution in [1.82, 2.24) is 0 Å². The Bertz CT molecular complexity index is 1210. The van der Waals surface area contributed by atoms with Crippen LogP contribution in [0.3, 0.4) is 0 Å². The molecule has 0 radical (unpaired) electrons. The van der Waals surface area contributed by atoms with Gasteiger partial charge in [0, 0.05) is 5.41 Å². The minimum atomic E-state index is 0.0499. The van der Waals surface area contributed by atoms with E-state index in [0.717, 1.165) is 0 Å². The Morgan fingerprint density at radius 1 is 0.520 bits per heavy atom. The average molecular weight is 318 g/mol. The third-order valence-electron chi connectivity index (χ3n) is 6.21. The van der Waals surface area contributed by atoms with Gasteiger partial charge in [-0.25, -0.2) is 0 Å². The van der Waals surface area contributed by atoms with Gasteiger partial charge in [-0.05, 0) is 55.3 Å². The molecule has 0 saturated heterocycles. The third kappa shape index (κ3) is 1.45. The van der Waals surface area contributed by atoms with Crippen LogP contribution in [0.2, 0.25) is 0 Å². The molecular formula is C25H18. The number of hydrogen-bond acceptors (Lipinski definition) is 0. The normalized spacial score (nSPS) is 15.1. The van der Waals surface area contributed by atoms with E-state index in [4.69, 9.17) is 0 Å². The van der Waals surface area contributed by atoms with Crippen molar-refractivity contribution in [1.29, 1.82) is 0 Å². The smallest absolute Gasteiger partial charge is 0.0159 e. The predicted octanol–water partition coefficient (Wildman–Crippen LogP) is 6.79. The quantitative estimate of drug-likeness (QED) is 0.295. The molecule has 0 unspecified atom stereocenters. The number of rotatable bonds is 0. The highest BCUT2D eigenvalue weighted by Gasteiger charge is 2.39. The Hall–Kier alpha value is -2.86. The van der Waals surface area contributed by atoms with Gasteiger partial charge in [0.2, 0.25) is 0 Å². The molecule has 6 rings (SSSR count). The summed E-state index contributed by atoms with van der Waals surface area (Å²) >= 11 is 0. The molecule has 0 saturated carbocycles. The molecule has 0 heteroatoms. The van der Waals surface area contributed by atoms with Crippen molar-refractivity contribution in [3.63, 3.8) is 0 Å². The predicted molar refractivity (Wildman–Crippen MR) is 106 cm³/mol. The molecule has 0 spiro atoms. The first kappa shape index (κ1) is 13.4. The highest BCUT2D eigenvalue weighted by atomic mass is 14.4. The first-order chi connectivity index (χ1) is 12.2. The van der Waals surface area contributed by atoms with Crippen molar-refractivity contribution >= 4 is 10.8 Å². The van der Waals surface area contributed by atoms with Gasteiger partial charge in [-0.3, -0.25) is 0 Å². The van der Waals surface area contributed by atoms with Gasteiger partial charge in [-0.1, -0.05) is 86.6 Å². The Kier molecular flexibility index (Phi) is 2.26. The van der Waals surface area contributed by atoms with Crippen LogP contribution in [0.15, 0.2) is 72.8 Å². The standard InChI is InChI=1S/C25H18/c1-25(2)20-12-6-11-19-17-9-4-3-8-16(17)18-10-5-7-15-13-14-21(25)24(22(15)18)23(19)20/h3-14H,1-2H3. The second-order valence-electron chi connectivity index (χ2n) is 7.79. The molecular weight excluding hydrogens is 300 g/mol. The molecule has 118 valence electrons. The Balaban J connectivity index is 1.99. The molecule has 0 heterocycles. The molecule has 25 heavy (non-hydrogen) atoms. The number of benzene rings is 4. The van der Waals surface area contributed by atoms with E-state index in [2.05, 4.69) is 86.6 Å². The summed E-state index contributed by atoms with van der Waals surface area (Å²) in [4.78, 5) is 0. The summed E-state index contributed by atoms with van der Waals surface area (Å²) in [6, 6.07) is 27.1. The topological polar surface area (TPSA) is 0 Å². The van der Waals surface area contributed by atoms with Crippen molar-refractivity contribution < 1.29 is 0 Å². The lowest BCUT2D eigenvalue weighted by Gasteiger charge is -2.23. The Labute approximate surface area is 147 Å². The SMILES string of the molecule is CC1(C)c2cccc3c2-c2c1ccc1cccc(c21)-c1ccccc1-3. The Morgan fingerprint density at radius 2 is 1.16 bits per heavy atom. The zero-order valence-electron chi connectivity index (χ0n) is 14.4. The van der Waals surface area contributed by atoms with Crippen molar-refractivity contribution in [2.45, 2.75) is 19.3 Å². The molecule has 4 aromatic carbocycles. The van der Waals surface area contributed by atoms with Gasteiger partial charge in [0.25, 0.3) is 0 Å². The summed E-state index contributed by atoms with van der Waals surface area (Å²) < 4.78 is 0. The van der Waals surface area contributed by atoms with Gasteiger partial charge in [0.15, 0.2) is 0 Å². The van der Waals surface area contributed by atoms with E-state index in [-0.39, 0.29) is 5.41 Å². The number of hydrogen-bond donors (Lipinski definition) is 0. The van der Waals surface area contributed by atoms with E-state index >= 15 is 0 Å². The molecule has 0 fully saturated rings. The Morgan fingerprint density at radius 3 is 2.00 bits per heavy atom. The second-order valence-corrected chi connectivity index (χ2v) is 7.79. The van der Waals surface area contributed by atoms with E-state index in [1.165, 1.54) is 55.3 Å². The van der Waals surface area contributed by atoms with Gasteiger partial charge < -0.3 is 0 Å². The van der Waals surface area contributed by atoms with E-state index in [1.54, 1.807) is 0 Å². The molecule has 0 aliphatic heterocycles. The molecule has 4 aromatic rings. The maximum Gasteiger partial charge on any atom is 0.0159 e. The summed E-state index contributed by atoms with van der Waals surface area (Å²) in [6.07, 6.45) is 0. The highest BCUT2D eigenvalue weighted by Crippen LogP contribution is 2.58. The average Bonchev–Trinajstić information content (AvgIpc) is 2.80. The fraction of sp³-hybridized carbons (Fsp3) is 0.120. The molecule has 0 amide bonds. The molecule has 0 atom stereocenters. The van der Waals surface area contributed by atoms with Crippen LogP contribution in [0.4, 0.5) is 0 Å². The third-order valence-corrected chi connectivity index (χ3v) is 6.21. The summed E-state index contributed by atoms with van der Waals surface area (Å²) in [7, 11) is 0. The summed E-state index contributed by atoms with van der Waals surface area (Å²) in [5, 5.41) is 2.76. The lowest BCUT2D eigenvalue weighted by atomic mass is 9.80. The first-order valence-corrected chi connectivity index (χ1v) is 8.98. The van der Waals surface area contributed by atoms with Crippen LogP contribution in [-0.4, -0.2) is 0 Å². The van der Waals surface area contributed by atoms with E-state index < -0.39 is 0 Å². The van der Waals surface area contributed by atoms with E-state index in [9.17, 15) is 0 Å². The molecule has 0 N–H and O–H groups in total. The zero-order chi connectivity index (χ0) is 16.8. The van der Waals surface area contributed by atoms with Gasteiger partial charge in [0.1, 0.15) is 0 Å². The monoisotopic (exact) mass is 318 g/mol. The first-order valence-electron chi connectivity index (χ1n) is 8.98. The van der Waals surface area contributed by atoms with E-state index in [0.29, 0.717) is 0 Å². The minimum absolute atomic E-state index is 0.0499. The van der Waals surface area contributed by atoms with Crippen LogP contribution < -0.4 is 0 Å². The van der Waals surface area contributed by atoms with Crippen molar-refractivity contribution in [2.75, 3.05) is 0 Å². The van der Waals surface area contributed by atoms with Crippen molar-refractivity contribution in [3.05, 3.63) is 83.9 Å². The van der Waals surface area contributed by atoms with Crippen LogP contribution in [0, 0.1) is 0 Å². The summed E-state index contributed by atoms with van der Waals surface area (Å²) in [5.74, 6) is 0. The minimum Gasteiger partial charge on any atom is -0.0616 e. The van der Waals surface area contributed by atoms with Crippen LogP contribution in [0.25, 0.3) is 44.2 Å². The lowest BCUT2D eigenvalue weighted by Crippen LogP contribution is -2.15. The highest BCUT2D eigenvalue weighted by molar-refractivity contribution is 6.16. The van der Waals surface area contributed by atoms with Crippen molar-refractivity contribution in [3.8, 4) is 33.4 Å². The largest absolute Gasteiger partial charge is 0.0616 e. The molecule has 2 aliphatic rings. The van der Waals surface area contributed by atoms with Crippen LogP contribution in [0.5, 0.6) is 0 Å².